The van der Waals surface area contributed by atoms with Crippen LogP contribution < -0.4 is 10.5 Å². The highest BCUT2D eigenvalue weighted by atomic mass is 16.5. The van der Waals surface area contributed by atoms with E-state index in [9.17, 15) is 4.79 Å². The van der Waals surface area contributed by atoms with Crippen molar-refractivity contribution >= 4 is 5.91 Å². The summed E-state index contributed by atoms with van der Waals surface area (Å²) < 4.78 is 5.38. The molecule has 1 aliphatic rings. The minimum Gasteiger partial charge on any atom is -0.484 e. The molecule has 1 fully saturated rings. The minimum absolute atomic E-state index is 0.0109. The van der Waals surface area contributed by atoms with Gasteiger partial charge < -0.3 is 15.4 Å². The molecule has 1 aliphatic heterocycles. The van der Waals surface area contributed by atoms with Gasteiger partial charge >= 0.3 is 0 Å². The number of para-hydroxylation sites is 1. The van der Waals surface area contributed by atoms with Crippen LogP contribution in [0.5, 0.6) is 5.75 Å². The second kappa shape index (κ2) is 4.99. The van der Waals surface area contributed by atoms with Crippen molar-refractivity contribution in [2.45, 2.75) is 12.5 Å². The molecule has 0 spiro atoms. The summed E-state index contributed by atoms with van der Waals surface area (Å²) in [5.41, 5.74) is 5.74. The van der Waals surface area contributed by atoms with E-state index in [1.165, 1.54) is 0 Å². The van der Waals surface area contributed by atoms with E-state index < -0.39 is 0 Å². The van der Waals surface area contributed by atoms with Gasteiger partial charge in [0.2, 0.25) is 0 Å². The zero-order chi connectivity index (χ0) is 11.4. The fraction of sp³-hybridized carbons (Fsp3) is 0.417. The summed E-state index contributed by atoms with van der Waals surface area (Å²) in [4.78, 5) is 13.5. The van der Waals surface area contributed by atoms with E-state index in [2.05, 4.69) is 0 Å². The van der Waals surface area contributed by atoms with E-state index in [0.29, 0.717) is 6.54 Å². The lowest BCUT2D eigenvalue weighted by atomic mass is 10.3. The van der Waals surface area contributed by atoms with Crippen LogP contribution >= 0.6 is 0 Å². The highest BCUT2D eigenvalue weighted by molar-refractivity contribution is 5.78. The Morgan fingerprint density at radius 3 is 2.81 bits per heavy atom. The van der Waals surface area contributed by atoms with Crippen LogP contribution in [0.2, 0.25) is 0 Å². The summed E-state index contributed by atoms with van der Waals surface area (Å²) in [7, 11) is 0. The monoisotopic (exact) mass is 220 g/mol. The molecule has 0 bridgehead atoms. The van der Waals surface area contributed by atoms with Crippen LogP contribution in [0.3, 0.4) is 0 Å². The Balaban J connectivity index is 1.80. The van der Waals surface area contributed by atoms with Crippen molar-refractivity contribution in [2.75, 3.05) is 19.7 Å². The summed E-state index contributed by atoms with van der Waals surface area (Å²) in [6, 6.07) is 9.47. The molecule has 0 saturated carbocycles. The number of likely N-dealkylation sites (tertiary alicyclic amines) is 1. The fourth-order valence-corrected chi connectivity index (χ4v) is 1.77. The topological polar surface area (TPSA) is 55.6 Å². The Hall–Kier alpha value is -1.55. The number of rotatable bonds is 3. The van der Waals surface area contributed by atoms with Crippen molar-refractivity contribution in [1.29, 1.82) is 0 Å². The van der Waals surface area contributed by atoms with Crippen molar-refractivity contribution in [1.82, 2.24) is 4.90 Å². The molecular weight excluding hydrogens is 204 g/mol. The third kappa shape index (κ3) is 2.73. The number of hydrogen-bond donors (Lipinski definition) is 1. The third-order valence-electron chi connectivity index (χ3n) is 2.68. The van der Waals surface area contributed by atoms with Crippen molar-refractivity contribution < 1.29 is 9.53 Å². The molecule has 1 heterocycles. The first-order valence-electron chi connectivity index (χ1n) is 5.47. The summed E-state index contributed by atoms with van der Waals surface area (Å²) in [5, 5.41) is 0. The lowest BCUT2D eigenvalue weighted by molar-refractivity contribution is -0.132. The second-order valence-corrected chi connectivity index (χ2v) is 3.99. The number of carbonyl (C=O) groups is 1. The van der Waals surface area contributed by atoms with Gasteiger partial charge in [0.25, 0.3) is 5.91 Å². The number of carbonyl (C=O) groups excluding carboxylic acids is 1. The Morgan fingerprint density at radius 2 is 2.19 bits per heavy atom. The van der Waals surface area contributed by atoms with Gasteiger partial charge in [-0.25, -0.2) is 0 Å². The Bertz CT molecular complexity index is 353. The Morgan fingerprint density at radius 1 is 1.44 bits per heavy atom. The molecule has 2 N–H and O–H groups in total. The molecule has 1 amide bonds. The molecule has 1 aromatic rings. The summed E-state index contributed by atoms with van der Waals surface area (Å²) >= 11 is 0. The molecule has 86 valence electrons. The number of nitrogens with zero attached hydrogens (tertiary/aromatic N) is 1. The molecule has 0 unspecified atom stereocenters. The van der Waals surface area contributed by atoms with Crippen LogP contribution in [0.25, 0.3) is 0 Å². The van der Waals surface area contributed by atoms with Gasteiger partial charge in [0.05, 0.1) is 0 Å². The highest BCUT2D eigenvalue weighted by Gasteiger charge is 2.23. The molecule has 16 heavy (non-hydrogen) atoms. The normalized spacial score (nSPS) is 19.8. The van der Waals surface area contributed by atoms with E-state index in [1.807, 2.05) is 30.3 Å². The molecule has 1 aromatic carbocycles. The van der Waals surface area contributed by atoms with Crippen molar-refractivity contribution in [3.8, 4) is 5.75 Å². The fourth-order valence-electron chi connectivity index (χ4n) is 1.77. The summed E-state index contributed by atoms with van der Waals surface area (Å²) in [6.07, 6.45) is 0.886. The number of ether oxygens (including phenoxy) is 1. The number of benzene rings is 1. The molecule has 4 heteroatoms. The van der Waals surface area contributed by atoms with Gasteiger partial charge in [0.15, 0.2) is 6.61 Å². The lowest BCUT2D eigenvalue weighted by Gasteiger charge is -2.15. The van der Waals surface area contributed by atoms with Gasteiger partial charge in [-0.2, -0.15) is 0 Å². The van der Waals surface area contributed by atoms with Gasteiger partial charge in [-0.3, -0.25) is 4.79 Å². The zero-order valence-corrected chi connectivity index (χ0v) is 9.13. The SMILES string of the molecule is N[C@H]1CCN(C(=O)COc2ccccc2)C1. The predicted octanol–water partition coefficient (Wildman–Crippen LogP) is 0.625. The maximum atomic E-state index is 11.7. The van der Waals surface area contributed by atoms with Crippen molar-refractivity contribution in [3.05, 3.63) is 30.3 Å². The van der Waals surface area contributed by atoms with E-state index in [-0.39, 0.29) is 18.6 Å². The van der Waals surface area contributed by atoms with Crippen LogP contribution in [-0.2, 0) is 4.79 Å². The van der Waals surface area contributed by atoms with Gasteiger partial charge in [0.1, 0.15) is 5.75 Å². The van der Waals surface area contributed by atoms with Crippen LogP contribution in [-0.4, -0.2) is 36.5 Å². The average Bonchev–Trinajstić information content (AvgIpc) is 2.74. The summed E-state index contributed by atoms with van der Waals surface area (Å²) in [5.74, 6) is 0.733. The third-order valence-corrected chi connectivity index (χ3v) is 2.68. The van der Waals surface area contributed by atoms with E-state index in [0.717, 1.165) is 18.7 Å². The Labute approximate surface area is 95.0 Å². The highest BCUT2D eigenvalue weighted by Crippen LogP contribution is 2.10. The van der Waals surface area contributed by atoms with Crippen LogP contribution in [0.1, 0.15) is 6.42 Å². The van der Waals surface area contributed by atoms with Gasteiger partial charge in [0, 0.05) is 19.1 Å². The van der Waals surface area contributed by atoms with Crippen LogP contribution in [0.15, 0.2) is 30.3 Å². The van der Waals surface area contributed by atoms with Crippen LogP contribution in [0.4, 0.5) is 0 Å². The smallest absolute Gasteiger partial charge is 0.260 e. The van der Waals surface area contributed by atoms with E-state index >= 15 is 0 Å². The molecule has 0 aromatic heterocycles. The first kappa shape index (κ1) is 11.0. The average molecular weight is 220 g/mol. The number of amides is 1. The maximum Gasteiger partial charge on any atom is 0.260 e. The van der Waals surface area contributed by atoms with Crippen molar-refractivity contribution in [3.63, 3.8) is 0 Å². The standard InChI is InChI=1S/C12H16N2O2/c13-10-6-7-14(8-10)12(15)9-16-11-4-2-1-3-5-11/h1-5,10H,6-9,13H2/t10-/m0/s1. The van der Waals surface area contributed by atoms with Gasteiger partial charge in [-0.1, -0.05) is 18.2 Å². The number of nitrogens with two attached hydrogens (primary N) is 1. The lowest BCUT2D eigenvalue weighted by Crippen LogP contribution is -2.35. The molecule has 4 nitrogen and oxygen atoms in total. The number of hydrogen-bond acceptors (Lipinski definition) is 3. The maximum absolute atomic E-state index is 11.7. The van der Waals surface area contributed by atoms with Crippen LogP contribution in [0, 0.1) is 0 Å². The first-order valence-corrected chi connectivity index (χ1v) is 5.47. The minimum atomic E-state index is 0.0109. The molecular formula is C12H16N2O2. The van der Waals surface area contributed by atoms with Gasteiger partial charge in [-0.05, 0) is 18.6 Å². The molecule has 2 rings (SSSR count). The molecule has 0 radical (unpaired) electrons. The van der Waals surface area contributed by atoms with Gasteiger partial charge in [-0.15, -0.1) is 0 Å². The van der Waals surface area contributed by atoms with Crippen molar-refractivity contribution in [2.24, 2.45) is 5.73 Å². The summed E-state index contributed by atoms with van der Waals surface area (Å²) in [6.45, 7) is 1.49. The second-order valence-electron chi connectivity index (χ2n) is 3.99. The zero-order valence-electron chi connectivity index (χ0n) is 9.13. The Kier molecular flexibility index (Phi) is 3.41. The predicted molar refractivity (Wildman–Crippen MR) is 61.1 cm³/mol. The van der Waals surface area contributed by atoms with E-state index in [4.69, 9.17) is 10.5 Å². The quantitative estimate of drug-likeness (QED) is 0.812. The molecule has 1 saturated heterocycles. The largest absolute Gasteiger partial charge is 0.484 e. The first-order chi connectivity index (χ1) is 7.75. The molecule has 1 atom stereocenters. The molecule has 0 aliphatic carbocycles. The van der Waals surface area contributed by atoms with E-state index in [1.54, 1.807) is 4.90 Å².